The summed E-state index contributed by atoms with van der Waals surface area (Å²) in [5, 5.41) is 11.3. The number of methoxy groups -OCH3 is 1. The normalized spacial score (nSPS) is 12.0. The minimum absolute atomic E-state index is 0.492. The lowest BCUT2D eigenvalue weighted by Crippen LogP contribution is -2.43. The molecule has 1 aromatic carbocycles. The summed E-state index contributed by atoms with van der Waals surface area (Å²) in [6.07, 6.45) is 2.87. The van der Waals surface area contributed by atoms with Crippen molar-refractivity contribution in [3.8, 4) is 5.75 Å². The molecule has 0 saturated carbocycles. The Hall–Kier alpha value is -2.34. The smallest absolute Gasteiger partial charge is 0.330 e. The number of carbonyl (C=O) groups excluding carboxylic acids is 2. The second-order valence-corrected chi connectivity index (χ2v) is 4.10. The summed E-state index contributed by atoms with van der Waals surface area (Å²) in [4.78, 5) is 22.9. The number of carbonyl (C=O) groups is 2. The molecule has 1 aromatic rings. The molecule has 1 rings (SSSR count). The van der Waals surface area contributed by atoms with E-state index in [4.69, 9.17) is 9.84 Å². The fourth-order valence-electron chi connectivity index (χ4n) is 1.55. The molecule has 0 spiro atoms. The molecule has 0 aromatic heterocycles. The van der Waals surface area contributed by atoms with Crippen molar-refractivity contribution in [1.29, 1.82) is 0 Å². The third kappa shape index (κ3) is 5.66. The summed E-state index contributed by atoms with van der Waals surface area (Å²) in [5.74, 6) is -0.432. The van der Waals surface area contributed by atoms with Crippen molar-refractivity contribution in [2.45, 2.75) is 13.0 Å². The summed E-state index contributed by atoms with van der Waals surface area (Å²) < 4.78 is 9.76. The molecule has 6 heteroatoms. The Balaban J connectivity index is 2.58. The Labute approximate surface area is 123 Å². The van der Waals surface area contributed by atoms with Gasteiger partial charge in [-0.15, -0.1) is 0 Å². The van der Waals surface area contributed by atoms with Crippen LogP contribution in [0.1, 0.15) is 12.5 Å². The highest BCUT2D eigenvalue weighted by Gasteiger charge is 2.18. The quantitative estimate of drug-likeness (QED) is 0.572. The van der Waals surface area contributed by atoms with Gasteiger partial charge in [0.15, 0.2) is 6.04 Å². The van der Waals surface area contributed by atoms with E-state index in [1.165, 1.54) is 13.2 Å². The van der Waals surface area contributed by atoms with E-state index in [9.17, 15) is 9.59 Å². The molecule has 0 unspecified atom stereocenters. The highest BCUT2D eigenvalue weighted by Crippen LogP contribution is 2.12. The Morgan fingerprint density at radius 3 is 2.52 bits per heavy atom. The summed E-state index contributed by atoms with van der Waals surface area (Å²) in [5.41, 5.74) is 0.812. The molecule has 0 aliphatic carbocycles. The van der Waals surface area contributed by atoms with E-state index >= 15 is 0 Å². The molecule has 0 radical (unpaired) electrons. The Kier molecular flexibility index (Phi) is 6.97. The van der Waals surface area contributed by atoms with E-state index in [2.05, 4.69) is 10.1 Å². The number of rotatable bonds is 7. The maximum Gasteiger partial charge on any atom is 0.330 e. The number of amides is 1. The number of aliphatic hydroxyl groups excluding tert-OH is 1. The van der Waals surface area contributed by atoms with Gasteiger partial charge in [-0.1, -0.05) is 12.1 Å². The standard InChI is InChI=1S/C15H19NO5/c1-3-21-12-7-4-11(5-8-12)6-9-14(18)16-13(10-17)15(19)20-2/h4-9,13,17H,3,10H2,1-2H3,(H,16,18)/b9-6+/t13-/m1/s1. The van der Waals surface area contributed by atoms with E-state index in [0.717, 1.165) is 11.3 Å². The fourth-order valence-corrected chi connectivity index (χ4v) is 1.55. The molecule has 0 aliphatic heterocycles. The number of hydrogen-bond acceptors (Lipinski definition) is 5. The lowest BCUT2D eigenvalue weighted by atomic mass is 10.2. The summed E-state index contributed by atoms with van der Waals surface area (Å²) in [6.45, 7) is 1.97. The van der Waals surface area contributed by atoms with E-state index in [1.807, 2.05) is 6.92 Å². The average molecular weight is 293 g/mol. The van der Waals surface area contributed by atoms with Gasteiger partial charge in [0.1, 0.15) is 5.75 Å². The van der Waals surface area contributed by atoms with E-state index in [1.54, 1.807) is 30.3 Å². The number of hydrogen-bond donors (Lipinski definition) is 2. The van der Waals surface area contributed by atoms with Crippen LogP contribution in [0.2, 0.25) is 0 Å². The third-order valence-corrected chi connectivity index (χ3v) is 2.60. The second-order valence-electron chi connectivity index (χ2n) is 4.10. The first-order chi connectivity index (χ1) is 10.1. The van der Waals surface area contributed by atoms with Crippen molar-refractivity contribution < 1.29 is 24.2 Å². The van der Waals surface area contributed by atoms with E-state index in [0.29, 0.717) is 6.61 Å². The van der Waals surface area contributed by atoms with Gasteiger partial charge in [0.05, 0.1) is 20.3 Å². The zero-order valence-electron chi connectivity index (χ0n) is 12.0. The van der Waals surface area contributed by atoms with Crippen molar-refractivity contribution >= 4 is 18.0 Å². The lowest BCUT2D eigenvalue weighted by molar-refractivity contribution is -0.145. The fraction of sp³-hybridized carbons (Fsp3) is 0.333. The average Bonchev–Trinajstić information content (AvgIpc) is 2.51. The molecule has 21 heavy (non-hydrogen) atoms. The summed E-state index contributed by atoms with van der Waals surface area (Å²) in [6, 6.07) is 6.14. The van der Waals surface area contributed by atoms with Gasteiger partial charge < -0.3 is 19.9 Å². The van der Waals surface area contributed by atoms with Gasteiger partial charge in [-0.05, 0) is 30.7 Å². The Bertz CT molecular complexity index is 495. The number of nitrogens with one attached hydrogen (secondary N) is 1. The minimum Gasteiger partial charge on any atom is -0.494 e. The Morgan fingerprint density at radius 1 is 1.33 bits per heavy atom. The maximum atomic E-state index is 11.6. The van der Waals surface area contributed by atoms with Crippen molar-refractivity contribution in [2.75, 3.05) is 20.3 Å². The second kappa shape index (κ2) is 8.76. The molecule has 1 amide bonds. The van der Waals surface area contributed by atoms with Crippen LogP contribution in [0.5, 0.6) is 5.75 Å². The minimum atomic E-state index is -1.06. The van der Waals surface area contributed by atoms with Gasteiger partial charge >= 0.3 is 5.97 Å². The van der Waals surface area contributed by atoms with Crippen molar-refractivity contribution in [3.05, 3.63) is 35.9 Å². The maximum absolute atomic E-state index is 11.6. The highest BCUT2D eigenvalue weighted by atomic mass is 16.5. The molecule has 0 bridgehead atoms. The topological polar surface area (TPSA) is 84.9 Å². The van der Waals surface area contributed by atoms with E-state index < -0.39 is 24.5 Å². The Morgan fingerprint density at radius 2 is 2.00 bits per heavy atom. The molecule has 0 aliphatic rings. The van der Waals surface area contributed by atoms with Crippen molar-refractivity contribution in [1.82, 2.24) is 5.32 Å². The third-order valence-electron chi connectivity index (χ3n) is 2.60. The molecule has 114 valence electrons. The molecular weight excluding hydrogens is 274 g/mol. The zero-order valence-corrected chi connectivity index (χ0v) is 12.0. The largest absolute Gasteiger partial charge is 0.494 e. The van der Waals surface area contributed by atoms with Gasteiger partial charge in [0.25, 0.3) is 0 Å². The van der Waals surface area contributed by atoms with E-state index in [-0.39, 0.29) is 0 Å². The zero-order chi connectivity index (χ0) is 15.7. The predicted molar refractivity (Wildman–Crippen MR) is 77.7 cm³/mol. The number of ether oxygens (including phenoxy) is 2. The van der Waals surface area contributed by atoms with Crippen LogP contribution in [0.15, 0.2) is 30.3 Å². The van der Waals surface area contributed by atoms with Crippen LogP contribution in [-0.4, -0.2) is 43.3 Å². The van der Waals surface area contributed by atoms with Gasteiger partial charge in [0, 0.05) is 6.08 Å². The number of esters is 1. The lowest BCUT2D eigenvalue weighted by Gasteiger charge is -2.11. The number of aliphatic hydroxyl groups is 1. The van der Waals surface area contributed by atoms with Crippen LogP contribution < -0.4 is 10.1 Å². The van der Waals surface area contributed by atoms with Crippen molar-refractivity contribution in [3.63, 3.8) is 0 Å². The van der Waals surface area contributed by atoms with Crippen LogP contribution in [0.25, 0.3) is 6.08 Å². The predicted octanol–water partition coefficient (Wildman–Crippen LogP) is 0.749. The van der Waals surface area contributed by atoms with Crippen LogP contribution in [-0.2, 0) is 14.3 Å². The van der Waals surface area contributed by atoms with Gasteiger partial charge in [0.2, 0.25) is 5.91 Å². The van der Waals surface area contributed by atoms with Crippen LogP contribution in [0, 0.1) is 0 Å². The van der Waals surface area contributed by atoms with Gasteiger partial charge in [-0.3, -0.25) is 4.79 Å². The molecule has 0 heterocycles. The monoisotopic (exact) mass is 293 g/mol. The first-order valence-corrected chi connectivity index (χ1v) is 6.50. The SMILES string of the molecule is CCOc1ccc(/C=C/C(=O)N[C@H](CO)C(=O)OC)cc1. The molecule has 2 N–H and O–H groups in total. The molecule has 0 saturated heterocycles. The molecular formula is C15H19NO5. The highest BCUT2D eigenvalue weighted by molar-refractivity contribution is 5.94. The van der Waals surface area contributed by atoms with Gasteiger partial charge in [-0.25, -0.2) is 4.79 Å². The van der Waals surface area contributed by atoms with Crippen LogP contribution in [0.4, 0.5) is 0 Å². The first kappa shape index (κ1) is 16.7. The summed E-state index contributed by atoms with van der Waals surface area (Å²) in [7, 11) is 1.19. The van der Waals surface area contributed by atoms with Crippen LogP contribution in [0.3, 0.4) is 0 Å². The number of benzene rings is 1. The molecule has 6 nitrogen and oxygen atoms in total. The molecule has 1 atom stereocenters. The van der Waals surface area contributed by atoms with Crippen molar-refractivity contribution in [2.24, 2.45) is 0 Å². The summed E-state index contributed by atoms with van der Waals surface area (Å²) >= 11 is 0. The van der Waals surface area contributed by atoms with Gasteiger partial charge in [-0.2, -0.15) is 0 Å². The van der Waals surface area contributed by atoms with Crippen LogP contribution >= 0.6 is 0 Å². The first-order valence-electron chi connectivity index (χ1n) is 6.50. The molecule has 0 fully saturated rings.